The molecule has 40 heavy (non-hydrogen) atoms. The van der Waals surface area contributed by atoms with Gasteiger partial charge in [0, 0.05) is 48.7 Å². The lowest BCUT2D eigenvalue weighted by Crippen LogP contribution is -2.38. The quantitative estimate of drug-likeness (QED) is 0.286. The second kappa shape index (κ2) is 10.8. The minimum absolute atomic E-state index is 0.0296. The molecule has 0 unspecified atom stereocenters. The van der Waals surface area contributed by atoms with Crippen molar-refractivity contribution in [1.82, 2.24) is 26.3 Å². The number of nitrogens with zero attached hydrogens (tertiary/aromatic N) is 4. The van der Waals surface area contributed by atoms with Gasteiger partial charge in [0.15, 0.2) is 0 Å². The lowest BCUT2D eigenvalue weighted by atomic mass is 9.96. The van der Waals surface area contributed by atoms with Crippen LogP contribution in [0.4, 0.5) is 11.4 Å². The fourth-order valence-electron chi connectivity index (χ4n) is 4.65. The molecule has 0 spiro atoms. The zero-order valence-corrected chi connectivity index (χ0v) is 23.1. The second-order valence-electron chi connectivity index (χ2n) is 11.3. The van der Waals surface area contributed by atoms with Crippen LogP contribution in [0.1, 0.15) is 66.7 Å². The molecular formula is C30H33N9O. The molecule has 1 atom stereocenters. The Labute approximate surface area is 234 Å². The maximum Gasteiger partial charge on any atom is 0.251 e. The molecule has 1 fully saturated rings. The van der Waals surface area contributed by atoms with Crippen molar-refractivity contribution in [2.24, 2.45) is 5.41 Å². The van der Waals surface area contributed by atoms with Crippen molar-refractivity contribution >= 4 is 28.2 Å². The molecular weight excluding hydrogens is 502 g/mol. The fraction of sp³-hybridized carbons (Fsp3) is 0.333. The number of hydrogen-bond acceptors (Lipinski definition) is 9. The lowest BCUT2D eigenvalue weighted by molar-refractivity contribution is 0.0963. The van der Waals surface area contributed by atoms with Crippen molar-refractivity contribution in [2.75, 3.05) is 24.2 Å². The number of pyridine rings is 1. The molecule has 2 aromatic carbocycles. The van der Waals surface area contributed by atoms with Crippen molar-refractivity contribution in [1.29, 1.82) is 10.5 Å². The lowest BCUT2D eigenvalue weighted by Gasteiger charge is -2.24. The van der Waals surface area contributed by atoms with Crippen LogP contribution in [0.5, 0.6) is 0 Å². The maximum atomic E-state index is 12.4. The van der Waals surface area contributed by atoms with E-state index in [1.807, 2.05) is 30.5 Å². The van der Waals surface area contributed by atoms with E-state index in [2.05, 4.69) is 69.8 Å². The molecule has 5 rings (SSSR count). The van der Waals surface area contributed by atoms with Gasteiger partial charge in [-0.2, -0.15) is 10.5 Å². The van der Waals surface area contributed by atoms with Crippen LogP contribution < -0.4 is 26.9 Å². The zero-order chi connectivity index (χ0) is 28.4. The first-order valence-electron chi connectivity index (χ1n) is 13.3. The Balaban J connectivity index is 1.60. The molecule has 0 radical (unpaired) electrons. The highest BCUT2D eigenvalue weighted by atomic mass is 16.1. The maximum absolute atomic E-state index is 12.4. The molecule has 0 saturated heterocycles. The number of aromatic nitrogens is 1. The van der Waals surface area contributed by atoms with E-state index in [1.54, 1.807) is 19.2 Å². The Morgan fingerprint density at radius 2 is 1.95 bits per heavy atom. The van der Waals surface area contributed by atoms with Gasteiger partial charge in [-0.3, -0.25) is 14.8 Å². The minimum atomic E-state index is -0.372. The van der Waals surface area contributed by atoms with E-state index in [1.165, 1.54) is 6.20 Å². The van der Waals surface area contributed by atoms with Gasteiger partial charge in [-0.25, -0.2) is 0 Å². The average Bonchev–Trinajstić information content (AvgIpc) is 3.69. The van der Waals surface area contributed by atoms with Crippen molar-refractivity contribution in [2.45, 2.75) is 45.7 Å². The Kier molecular flexibility index (Phi) is 7.20. The SMILES string of the molecule is CNC(=O)c1cccc([C@H](Nc2cc(C#N)c3ncc(C#N)c(NCC(C)(C)C)c3c2)C2=CN(C3CC3)NN2)c1. The molecule has 2 heterocycles. The van der Waals surface area contributed by atoms with Crippen molar-refractivity contribution in [3.8, 4) is 12.1 Å². The molecule has 10 nitrogen and oxygen atoms in total. The first-order valence-corrected chi connectivity index (χ1v) is 13.3. The minimum Gasteiger partial charge on any atom is -0.383 e. The van der Waals surface area contributed by atoms with Crippen molar-refractivity contribution in [3.05, 3.63) is 76.7 Å². The molecule has 204 valence electrons. The van der Waals surface area contributed by atoms with E-state index in [0.29, 0.717) is 51.6 Å². The smallest absolute Gasteiger partial charge is 0.251 e. The van der Waals surface area contributed by atoms with Crippen LogP contribution in [0.25, 0.3) is 10.9 Å². The molecule has 10 heteroatoms. The van der Waals surface area contributed by atoms with Crippen molar-refractivity contribution < 1.29 is 4.79 Å². The third-order valence-electron chi connectivity index (χ3n) is 6.89. The van der Waals surface area contributed by atoms with E-state index in [4.69, 9.17) is 0 Å². The number of nitrogens with one attached hydrogen (secondary N) is 5. The summed E-state index contributed by atoms with van der Waals surface area (Å²) >= 11 is 0. The number of amides is 1. The van der Waals surface area contributed by atoms with Gasteiger partial charge in [0.25, 0.3) is 5.91 Å². The number of hydrogen-bond donors (Lipinski definition) is 5. The summed E-state index contributed by atoms with van der Waals surface area (Å²) in [7, 11) is 1.61. The molecule has 3 aromatic rings. The number of benzene rings is 2. The van der Waals surface area contributed by atoms with Crippen LogP contribution >= 0.6 is 0 Å². The fourth-order valence-corrected chi connectivity index (χ4v) is 4.65. The van der Waals surface area contributed by atoms with Gasteiger partial charge < -0.3 is 21.4 Å². The largest absolute Gasteiger partial charge is 0.383 e. The Morgan fingerprint density at radius 1 is 1.18 bits per heavy atom. The Morgan fingerprint density at radius 3 is 2.62 bits per heavy atom. The highest BCUT2D eigenvalue weighted by molar-refractivity contribution is 5.99. The first kappa shape index (κ1) is 26.8. The van der Waals surface area contributed by atoms with Gasteiger partial charge in [0.1, 0.15) is 12.1 Å². The van der Waals surface area contributed by atoms with E-state index in [-0.39, 0.29) is 17.4 Å². The predicted molar refractivity (Wildman–Crippen MR) is 155 cm³/mol. The summed E-state index contributed by atoms with van der Waals surface area (Å²) in [5.74, 6) is -0.172. The van der Waals surface area contributed by atoms with Crippen LogP contribution in [0.2, 0.25) is 0 Å². The Bertz CT molecular complexity index is 1570. The molecule has 1 aliphatic carbocycles. The second-order valence-corrected chi connectivity index (χ2v) is 11.3. The third-order valence-corrected chi connectivity index (χ3v) is 6.89. The zero-order valence-electron chi connectivity index (χ0n) is 23.1. The topological polar surface area (TPSA) is 141 Å². The summed E-state index contributed by atoms with van der Waals surface area (Å²) in [4.78, 5) is 16.9. The van der Waals surface area contributed by atoms with E-state index >= 15 is 0 Å². The van der Waals surface area contributed by atoms with Crippen LogP contribution in [-0.4, -0.2) is 35.5 Å². The van der Waals surface area contributed by atoms with Crippen LogP contribution in [0.15, 0.2) is 54.5 Å². The number of anilines is 2. The van der Waals surface area contributed by atoms with Gasteiger partial charge in [0.2, 0.25) is 0 Å². The Hall–Kier alpha value is -4.80. The number of fused-ring (bicyclic) bond motifs is 1. The van der Waals surface area contributed by atoms with Gasteiger partial charge in [-0.1, -0.05) is 32.9 Å². The number of carbonyl (C=O) groups excluding carboxylic acids is 1. The standard InChI is InChI=1S/C30H33N9O/c1-30(2,3)17-35-27-21(14-32)15-34-26-20(13-31)11-22(12-24(26)27)36-28(25-16-39(38-37-25)23-8-9-23)18-6-5-7-19(10-18)29(40)33-4/h5-7,10-12,15-16,23,28,36-38H,8-9,17H2,1-4H3,(H,33,40)(H,34,35)/t28-/m0/s1. The van der Waals surface area contributed by atoms with Crippen LogP contribution in [-0.2, 0) is 0 Å². The number of hydrazine groups is 2. The monoisotopic (exact) mass is 535 g/mol. The van der Waals surface area contributed by atoms with E-state index in [0.717, 1.165) is 24.1 Å². The molecule has 1 aliphatic heterocycles. The summed E-state index contributed by atoms with van der Waals surface area (Å²) in [6.07, 6.45) is 5.80. The predicted octanol–water partition coefficient (Wildman–Crippen LogP) is 4.28. The van der Waals surface area contributed by atoms with Crippen molar-refractivity contribution in [3.63, 3.8) is 0 Å². The highest BCUT2D eigenvalue weighted by Gasteiger charge is 2.32. The molecule has 1 aromatic heterocycles. The summed E-state index contributed by atoms with van der Waals surface area (Å²) in [6.45, 7) is 6.97. The number of nitriles is 2. The first-order chi connectivity index (χ1) is 19.2. The summed E-state index contributed by atoms with van der Waals surface area (Å²) in [5, 5.41) is 32.3. The van der Waals surface area contributed by atoms with Crippen LogP contribution in [0, 0.1) is 28.1 Å². The summed E-state index contributed by atoms with van der Waals surface area (Å²) in [5.41, 5.74) is 11.4. The summed E-state index contributed by atoms with van der Waals surface area (Å²) < 4.78 is 0. The number of carbonyl (C=O) groups is 1. The molecule has 0 bridgehead atoms. The summed E-state index contributed by atoms with van der Waals surface area (Å²) in [6, 6.07) is 15.7. The third kappa shape index (κ3) is 5.63. The number of rotatable bonds is 8. The normalized spacial score (nSPS) is 15.4. The van der Waals surface area contributed by atoms with Gasteiger partial charge in [-0.05, 0) is 48.1 Å². The van der Waals surface area contributed by atoms with E-state index < -0.39 is 0 Å². The molecule has 5 N–H and O–H groups in total. The molecule has 2 aliphatic rings. The highest BCUT2D eigenvalue weighted by Crippen LogP contribution is 2.35. The van der Waals surface area contributed by atoms with Gasteiger partial charge >= 0.3 is 0 Å². The molecule has 1 amide bonds. The van der Waals surface area contributed by atoms with E-state index in [9.17, 15) is 15.3 Å². The van der Waals surface area contributed by atoms with Gasteiger partial charge in [-0.15, -0.1) is 5.53 Å². The van der Waals surface area contributed by atoms with Gasteiger partial charge in [0.05, 0.1) is 34.1 Å². The molecule has 1 saturated carbocycles. The van der Waals surface area contributed by atoms with Crippen LogP contribution in [0.3, 0.4) is 0 Å². The average molecular weight is 536 g/mol.